The molecule has 28 heavy (non-hydrogen) atoms. The molecule has 0 aliphatic carbocycles. The van der Waals surface area contributed by atoms with Crippen molar-refractivity contribution in [3.8, 4) is 0 Å². The maximum Gasteiger partial charge on any atom is 0.169 e. The van der Waals surface area contributed by atoms with Gasteiger partial charge in [0.05, 0.1) is 5.69 Å². The summed E-state index contributed by atoms with van der Waals surface area (Å²) < 4.78 is 29.2. The third-order valence-corrected chi connectivity index (χ3v) is 5.41. The van der Waals surface area contributed by atoms with Gasteiger partial charge in [0, 0.05) is 57.1 Å². The third kappa shape index (κ3) is 5.26. The number of nitrogens with zero attached hydrogens (tertiary/aromatic N) is 4. The van der Waals surface area contributed by atoms with E-state index in [9.17, 15) is 8.78 Å². The smallest absolute Gasteiger partial charge is 0.169 e. The van der Waals surface area contributed by atoms with Crippen LogP contribution < -0.4 is 5.32 Å². The van der Waals surface area contributed by atoms with Crippen LogP contribution in [0.1, 0.15) is 23.4 Å². The summed E-state index contributed by atoms with van der Waals surface area (Å²) in [5.41, 5.74) is 2.61. The number of aryl methyl sites for hydroxylation is 3. The molecule has 2 heterocycles. The Morgan fingerprint density at radius 3 is 2.61 bits per heavy atom. The number of piperazine rings is 1. The molecule has 0 saturated carbocycles. The lowest BCUT2D eigenvalue weighted by molar-refractivity contribution is 0.172. The van der Waals surface area contributed by atoms with Crippen molar-refractivity contribution in [2.45, 2.75) is 33.4 Å². The van der Waals surface area contributed by atoms with E-state index in [1.165, 1.54) is 5.69 Å². The minimum absolute atomic E-state index is 0.401. The first kappa shape index (κ1) is 20.7. The minimum atomic E-state index is -0.790. The van der Waals surface area contributed by atoms with Gasteiger partial charge >= 0.3 is 0 Å². The van der Waals surface area contributed by atoms with Crippen LogP contribution in [-0.2, 0) is 13.1 Å². The fraction of sp³-hybridized carbons (Fsp3) is 0.500. The monoisotopic (exact) mass is 407 g/mol. The Balaban J connectivity index is 1.37. The molecule has 1 fully saturated rings. The largest absolute Gasteiger partial charge is 0.362 e. The van der Waals surface area contributed by atoms with E-state index in [0.717, 1.165) is 62.6 Å². The highest BCUT2D eigenvalue weighted by Crippen LogP contribution is 2.15. The summed E-state index contributed by atoms with van der Waals surface area (Å²) in [4.78, 5) is 4.26. The summed E-state index contributed by atoms with van der Waals surface area (Å²) in [5.74, 6) is -1.54. The molecule has 152 valence electrons. The average molecular weight is 408 g/mol. The lowest BCUT2D eigenvalue weighted by Gasteiger charge is -2.36. The fourth-order valence-corrected chi connectivity index (χ4v) is 3.74. The van der Waals surface area contributed by atoms with E-state index in [1.54, 1.807) is 12.1 Å². The van der Waals surface area contributed by atoms with E-state index in [-0.39, 0.29) is 0 Å². The zero-order chi connectivity index (χ0) is 20.1. The Bertz CT molecular complexity index is 815. The van der Waals surface area contributed by atoms with Gasteiger partial charge in [-0.25, -0.2) is 8.78 Å². The number of thiocarbonyl (C=S) groups is 1. The van der Waals surface area contributed by atoms with Crippen molar-refractivity contribution < 1.29 is 8.78 Å². The van der Waals surface area contributed by atoms with E-state index < -0.39 is 11.6 Å². The Morgan fingerprint density at radius 1 is 1.18 bits per heavy atom. The van der Waals surface area contributed by atoms with Gasteiger partial charge in [0.25, 0.3) is 0 Å². The number of benzene rings is 1. The van der Waals surface area contributed by atoms with Gasteiger partial charge in [0.2, 0.25) is 0 Å². The van der Waals surface area contributed by atoms with Gasteiger partial charge in [0.1, 0.15) is 0 Å². The van der Waals surface area contributed by atoms with E-state index in [4.69, 9.17) is 12.2 Å². The number of aromatic nitrogens is 2. The van der Waals surface area contributed by atoms with Crippen LogP contribution in [0, 0.1) is 25.5 Å². The van der Waals surface area contributed by atoms with Gasteiger partial charge in [0.15, 0.2) is 16.7 Å². The van der Waals surface area contributed by atoms with Crippen molar-refractivity contribution in [3.05, 3.63) is 52.9 Å². The highest BCUT2D eigenvalue weighted by atomic mass is 32.1. The number of hydrogen-bond acceptors (Lipinski definition) is 3. The van der Waals surface area contributed by atoms with Crippen molar-refractivity contribution in [2.75, 3.05) is 32.7 Å². The Kier molecular flexibility index (Phi) is 6.96. The molecule has 1 aliphatic rings. The topological polar surface area (TPSA) is 36.3 Å². The second kappa shape index (κ2) is 9.43. The molecule has 8 heteroatoms. The Morgan fingerprint density at radius 2 is 1.93 bits per heavy atom. The zero-order valence-corrected chi connectivity index (χ0v) is 17.2. The van der Waals surface area contributed by atoms with Crippen LogP contribution in [-0.4, -0.2) is 57.4 Å². The van der Waals surface area contributed by atoms with Gasteiger partial charge < -0.3 is 10.2 Å². The average Bonchev–Trinajstić information content (AvgIpc) is 3.00. The molecule has 1 aromatic heterocycles. The molecule has 0 bridgehead atoms. The molecular formula is C20H27F2N5S. The fourth-order valence-electron chi connectivity index (χ4n) is 3.46. The maximum atomic E-state index is 13.8. The predicted octanol–water partition coefficient (Wildman–Crippen LogP) is 2.86. The molecule has 2 aromatic rings. The number of halogens is 2. The highest BCUT2D eigenvalue weighted by molar-refractivity contribution is 7.80. The van der Waals surface area contributed by atoms with Crippen molar-refractivity contribution in [2.24, 2.45) is 0 Å². The number of rotatable bonds is 6. The van der Waals surface area contributed by atoms with Crippen LogP contribution >= 0.6 is 12.2 Å². The summed E-state index contributed by atoms with van der Waals surface area (Å²) in [6, 6.07) is 6.41. The molecule has 0 spiro atoms. The van der Waals surface area contributed by atoms with Crippen molar-refractivity contribution in [1.29, 1.82) is 0 Å². The maximum absolute atomic E-state index is 13.8. The first-order chi connectivity index (χ1) is 13.4. The third-order valence-electron chi connectivity index (χ3n) is 5.01. The summed E-state index contributed by atoms with van der Waals surface area (Å²) >= 11 is 5.50. The second-order valence-electron chi connectivity index (χ2n) is 7.21. The summed E-state index contributed by atoms with van der Waals surface area (Å²) in [6.07, 6.45) is 0.945. The molecule has 0 atom stereocenters. The van der Waals surface area contributed by atoms with Crippen LogP contribution in [0.2, 0.25) is 0 Å². The predicted molar refractivity (Wildman–Crippen MR) is 110 cm³/mol. The molecule has 0 radical (unpaired) electrons. The molecule has 1 saturated heterocycles. The molecule has 5 nitrogen and oxygen atoms in total. The summed E-state index contributed by atoms with van der Waals surface area (Å²) in [6.45, 7) is 9.23. The number of hydrogen-bond donors (Lipinski definition) is 1. The van der Waals surface area contributed by atoms with Crippen LogP contribution in [0.5, 0.6) is 0 Å². The van der Waals surface area contributed by atoms with Crippen molar-refractivity contribution in [3.63, 3.8) is 0 Å². The second-order valence-corrected chi connectivity index (χ2v) is 7.60. The quantitative estimate of drug-likeness (QED) is 0.589. The molecule has 1 aromatic carbocycles. The normalized spacial score (nSPS) is 15.1. The lowest BCUT2D eigenvalue weighted by Crippen LogP contribution is -2.51. The van der Waals surface area contributed by atoms with E-state index in [1.807, 2.05) is 11.6 Å². The van der Waals surface area contributed by atoms with Gasteiger partial charge in [-0.15, -0.1) is 0 Å². The van der Waals surface area contributed by atoms with E-state index >= 15 is 0 Å². The first-order valence-electron chi connectivity index (χ1n) is 9.63. The summed E-state index contributed by atoms with van der Waals surface area (Å²) in [5, 5.41) is 8.53. The van der Waals surface area contributed by atoms with Gasteiger partial charge in [-0.1, -0.05) is 12.1 Å². The first-order valence-corrected chi connectivity index (χ1v) is 10.0. The van der Waals surface area contributed by atoms with Gasteiger partial charge in [-0.2, -0.15) is 5.10 Å². The van der Waals surface area contributed by atoms with Crippen LogP contribution in [0.3, 0.4) is 0 Å². The van der Waals surface area contributed by atoms with Crippen LogP contribution in [0.25, 0.3) is 0 Å². The van der Waals surface area contributed by atoms with Crippen LogP contribution in [0.4, 0.5) is 8.78 Å². The van der Waals surface area contributed by atoms with Crippen molar-refractivity contribution >= 4 is 17.3 Å². The standard InChI is InChI=1S/C20H27F2N5S/c1-15-13-16(2)27(24-15)8-4-7-23-20(28)26-11-9-25(10-12-26)14-17-5-3-6-18(21)19(17)22/h3,5-6,13H,4,7-12,14H2,1-2H3,(H,23,28). The van der Waals surface area contributed by atoms with E-state index in [2.05, 4.69) is 33.2 Å². The SMILES string of the molecule is Cc1cc(C)n(CCCNC(=S)N2CCN(Cc3cccc(F)c3F)CC2)n1. The highest BCUT2D eigenvalue weighted by Gasteiger charge is 2.20. The minimum Gasteiger partial charge on any atom is -0.362 e. The number of nitrogens with one attached hydrogen (secondary N) is 1. The molecule has 1 aliphatic heterocycles. The Hall–Kier alpha value is -2.06. The molecular weight excluding hydrogens is 380 g/mol. The van der Waals surface area contributed by atoms with Crippen molar-refractivity contribution in [1.82, 2.24) is 24.9 Å². The molecule has 3 rings (SSSR count). The molecule has 0 amide bonds. The zero-order valence-electron chi connectivity index (χ0n) is 16.4. The Labute approximate surface area is 170 Å². The summed E-state index contributed by atoms with van der Waals surface area (Å²) in [7, 11) is 0. The van der Waals surface area contributed by atoms with Crippen LogP contribution in [0.15, 0.2) is 24.3 Å². The lowest BCUT2D eigenvalue weighted by atomic mass is 10.2. The molecule has 0 unspecified atom stereocenters. The van der Waals surface area contributed by atoms with Gasteiger partial charge in [-0.05, 0) is 44.6 Å². The molecule has 1 N–H and O–H groups in total. The van der Waals surface area contributed by atoms with E-state index in [0.29, 0.717) is 12.1 Å². The van der Waals surface area contributed by atoms with Gasteiger partial charge in [-0.3, -0.25) is 9.58 Å².